The van der Waals surface area contributed by atoms with Gasteiger partial charge in [-0.3, -0.25) is 9.59 Å². The first-order valence-electron chi connectivity index (χ1n) is 7.87. The second-order valence-corrected chi connectivity index (χ2v) is 6.83. The maximum absolute atomic E-state index is 12.7. The van der Waals surface area contributed by atoms with E-state index in [2.05, 4.69) is 0 Å². The highest BCUT2D eigenvalue weighted by Crippen LogP contribution is 2.44. The predicted molar refractivity (Wildman–Crippen MR) is 81.7 cm³/mol. The molecule has 120 valence electrons. The van der Waals surface area contributed by atoms with Crippen molar-refractivity contribution in [2.75, 3.05) is 6.61 Å². The van der Waals surface area contributed by atoms with Crippen LogP contribution in [0.2, 0.25) is 0 Å². The minimum absolute atomic E-state index is 0.0874. The smallest absolute Gasteiger partial charge is 0.234 e. The summed E-state index contributed by atoms with van der Waals surface area (Å²) in [7, 11) is 0. The van der Waals surface area contributed by atoms with Crippen molar-refractivity contribution >= 4 is 17.3 Å². The third kappa shape index (κ3) is 1.75. The molecule has 2 aliphatic carbocycles. The number of ether oxygens (including phenoxy) is 1. The van der Waals surface area contributed by atoms with Crippen molar-refractivity contribution in [3.63, 3.8) is 0 Å². The van der Waals surface area contributed by atoms with E-state index < -0.39 is 23.3 Å². The molecular formula is C18H18O5. The number of benzene rings is 1. The third-order valence-corrected chi connectivity index (χ3v) is 5.31. The number of fused-ring (bicyclic) bond motifs is 4. The van der Waals surface area contributed by atoms with Gasteiger partial charge >= 0.3 is 0 Å². The fraction of sp³-hybridized carbons (Fsp3) is 0.444. The van der Waals surface area contributed by atoms with Crippen molar-refractivity contribution in [3.05, 3.63) is 40.0 Å². The Bertz CT molecular complexity index is 787. The van der Waals surface area contributed by atoms with Crippen molar-refractivity contribution in [2.45, 2.75) is 38.4 Å². The first-order chi connectivity index (χ1) is 10.8. The molecule has 1 heterocycles. The van der Waals surface area contributed by atoms with E-state index in [1.807, 2.05) is 6.92 Å². The summed E-state index contributed by atoms with van der Waals surface area (Å²) in [5.74, 6) is -0.613. The average Bonchev–Trinajstić information content (AvgIpc) is 2.90. The second-order valence-electron chi connectivity index (χ2n) is 6.83. The van der Waals surface area contributed by atoms with Crippen LogP contribution in [0.5, 0.6) is 0 Å². The van der Waals surface area contributed by atoms with Crippen LogP contribution in [0.25, 0.3) is 5.76 Å². The summed E-state index contributed by atoms with van der Waals surface area (Å²) in [4.78, 5) is 25.2. The number of aliphatic hydroxyl groups excluding tert-OH is 1. The van der Waals surface area contributed by atoms with Crippen LogP contribution in [0.15, 0.2) is 17.7 Å². The molecule has 1 aromatic carbocycles. The summed E-state index contributed by atoms with van der Waals surface area (Å²) in [6.45, 7) is 3.81. The first kappa shape index (κ1) is 14.6. The zero-order valence-corrected chi connectivity index (χ0v) is 13.0. The van der Waals surface area contributed by atoms with Crippen LogP contribution in [0.4, 0.5) is 0 Å². The molecule has 0 bridgehead atoms. The van der Waals surface area contributed by atoms with E-state index in [4.69, 9.17) is 4.74 Å². The molecule has 3 aliphatic rings. The minimum Gasteiger partial charge on any atom is -0.492 e. The topological polar surface area (TPSA) is 83.8 Å². The van der Waals surface area contributed by atoms with Crippen molar-refractivity contribution in [1.29, 1.82) is 0 Å². The molecule has 5 heteroatoms. The lowest BCUT2D eigenvalue weighted by Gasteiger charge is -2.37. The van der Waals surface area contributed by atoms with E-state index in [0.717, 1.165) is 0 Å². The number of rotatable bonds is 0. The molecule has 1 aromatic rings. The Morgan fingerprint density at radius 3 is 2.74 bits per heavy atom. The Morgan fingerprint density at radius 2 is 2.00 bits per heavy atom. The van der Waals surface area contributed by atoms with Gasteiger partial charge in [0.1, 0.15) is 11.4 Å². The van der Waals surface area contributed by atoms with Crippen LogP contribution in [-0.4, -0.2) is 34.5 Å². The highest BCUT2D eigenvalue weighted by atomic mass is 16.5. The molecule has 3 atom stereocenters. The monoisotopic (exact) mass is 314 g/mol. The molecule has 0 aromatic heterocycles. The fourth-order valence-electron chi connectivity index (χ4n) is 3.95. The van der Waals surface area contributed by atoms with E-state index in [-0.39, 0.29) is 5.92 Å². The maximum Gasteiger partial charge on any atom is 0.234 e. The number of Topliss-reactive ketones (excluding diaryl/α,β-unsaturated/α-hetero) is 2. The van der Waals surface area contributed by atoms with Gasteiger partial charge in [0, 0.05) is 17.0 Å². The molecule has 1 aliphatic heterocycles. The van der Waals surface area contributed by atoms with E-state index in [1.165, 1.54) is 6.92 Å². The minimum atomic E-state index is -1.43. The van der Waals surface area contributed by atoms with Gasteiger partial charge in [-0.2, -0.15) is 0 Å². The molecule has 5 nitrogen and oxygen atoms in total. The van der Waals surface area contributed by atoms with Gasteiger partial charge in [0.25, 0.3) is 0 Å². The molecule has 4 rings (SSSR count). The Kier molecular flexibility index (Phi) is 2.87. The SMILES string of the molecule is C[C@H]1COC2=C1C(=O)C(=O)c1c2ccc2c1CC[C@@H](O)[C@]2(C)O. The second kappa shape index (κ2) is 4.52. The van der Waals surface area contributed by atoms with Gasteiger partial charge in [-0.25, -0.2) is 0 Å². The lowest BCUT2D eigenvalue weighted by Crippen LogP contribution is -2.42. The first-order valence-corrected chi connectivity index (χ1v) is 7.87. The Hall–Kier alpha value is -1.98. The summed E-state index contributed by atoms with van der Waals surface area (Å²) < 4.78 is 5.67. The maximum atomic E-state index is 12.7. The average molecular weight is 314 g/mol. The van der Waals surface area contributed by atoms with Gasteiger partial charge in [-0.05, 0) is 30.9 Å². The highest BCUT2D eigenvalue weighted by Gasteiger charge is 2.45. The third-order valence-electron chi connectivity index (χ3n) is 5.31. The lowest BCUT2D eigenvalue weighted by molar-refractivity contribution is -0.112. The van der Waals surface area contributed by atoms with Gasteiger partial charge in [-0.1, -0.05) is 19.1 Å². The van der Waals surface area contributed by atoms with Gasteiger partial charge in [0.2, 0.25) is 11.6 Å². The molecule has 23 heavy (non-hydrogen) atoms. The number of ketones is 2. The van der Waals surface area contributed by atoms with E-state index in [9.17, 15) is 19.8 Å². The number of carbonyl (C=O) groups excluding carboxylic acids is 2. The molecule has 0 amide bonds. The Morgan fingerprint density at radius 1 is 1.26 bits per heavy atom. The van der Waals surface area contributed by atoms with Gasteiger partial charge in [0.15, 0.2) is 0 Å². The molecule has 2 N–H and O–H groups in total. The van der Waals surface area contributed by atoms with Gasteiger partial charge < -0.3 is 14.9 Å². The summed E-state index contributed by atoms with van der Waals surface area (Å²) >= 11 is 0. The zero-order valence-electron chi connectivity index (χ0n) is 13.0. The number of hydrogen-bond acceptors (Lipinski definition) is 5. The van der Waals surface area contributed by atoms with Crippen LogP contribution in [0.3, 0.4) is 0 Å². The summed E-state index contributed by atoms with van der Waals surface area (Å²) in [6, 6.07) is 3.45. The van der Waals surface area contributed by atoms with Crippen LogP contribution in [0, 0.1) is 5.92 Å². The van der Waals surface area contributed by atoms with Crippen LogP contribution < -0.4 is 0 Å². The molecule has 0 saturated carbocycles. The van der Waals surface area contributed by atoms with E-state index in [1.54, 1.807) is 12.1 Å². The fourth-order valence-corrected chi connectivity index (χ4v) is 3.95. The quantitative estimate of drug-likeness (QED) is 0.706. The molecule has 0 unspecified atom stereocenters. The normalized spacial score (nSPS) is 32.3. The largest absolute Gasteiger partial charge is 0.492 e. The van der Waals surface area contributed by atoms with Crippen LogP contribution in [-0.2, 0) is 21.6 Å². The molecule has 0 spiro atoms. The Balaban J connectivity index is 2.00. The number of aliphatic hydroxyl groups is 2. The summed E-state index contributed by atoms with van der Waals surface area (Å²) in [6.07, 6.45) is -0.0892. The van der Waals surface area contributed by atoms with Crippen molar-refractivity contribution in [2.24, 2.45) is 5.92 Å². The number of hydrogen-bond donors (Lipinski definition) is 2. The molecular weight excluding hydrogens is 296 g/mol. The Labute approximate surface area is 133 Å². The standard InChI is InChI=1S/C18H18O5/c1-8-7-23-17-10-3-5-11-9(4-6-12(19)18(11,2)22)14(10)16(21)15(20)13(8)17/h3,5,8,12,19,22H,4,6-7H2,1-2H3/t8-,12+,18+/m0/s1. The van der Waals surface area contributed by atoms with Gasteiger partial charge in [-0.15, -0.1) is 0 Å². The predicted octanol–water partition coefficient (Wildman–Crippen LogP) is 1.34. The molecule has 0 radical (unpaired) electrons. The summed E-state index contributed by atoms with van der Waals surface area (Å²) in [5, 5.41) is 20.6. The molecule has 0 fully saturated rings. The lowest BCUT2D eigenvalue weighted by atomic mass is 9.72. The summed E-state index contributed by atoms with van der Waals surface area (Å²) in [5.41, 5.74) is 1.19. The number of carbonyl (C=O) groups is 2. The molecule has 0 saturated heterocycles. The van der Waals surface area contributed by atoms with Crippen LogP contribution in [0.1, 0.15) is 47.3 Å². The van der Waals surface area contributed by atoms with Crippen LogP contribution >= 0.6 is 0 Å². The van der Waals surface area contributed by atoms with Gasteiger partial charge in [0.05, 0.1) is 18.3 Å². The highest BCUT2D eigenvalue weighted by molar-refractivity contribution is 6.52. The van der Waals surface area contributed by atoms with Crippen molar-refractivity contribution in [3.8, 4) is 0 Å². The zero-order chi connectivity index (χ0) is 16.5. The van der Waals surface area contributed by atoms with Crippen molar-refractivity contribution in [1.82, 2.24) is 0 Å². The van der Waals surface area contributed by atoms with E-state index in [0.29, 0.717) is 53.0 Å². The van der Waals surface area contributed by atoms with E-state index >= 15 is 0 Å². The van der Waals surface area contributed by atoms with Crippen molar-refractivity contribution < 1.29 is 24.5 Å².